The van der Waals surface area contributed by atoms with Crippen LogP contribution in [0.15, 0.2) is 4.99 Å². The van der Waals surface area contributed by atoms with Gasteiger partial charge in [-0.3, -0.25) is 15.0 Å². The number of carbonyl (C=O) groups excluding carboxylic acids is 2. The van der Waals surface area contributed by atoms with Crippen LogP contribution in [-0.2, 0) is 9.53 Å². The Bertz CT molecular complexity index is 447. The average Bonchev–Trinajstić information content (AvgIpc) is 2.54. The van der Waals surface area contributed by atoms with Crippen molar-refractivity contribution in [1.29, 1.82) is 0 Å². The molecule has 0 aromatic carbocycles. The van der Waals surface area contributed by atoms with Gasteiger partial charge in [0.1, 0.15) is 11.1 Å². The third-order valence-corrected chi connectivity index (χ3v) is 3.38. The molecule has 0 aromatic heterocycles. The maximum atomic E-state index is 12.4. The highest BCUT2D eigenvalue weighted by Gasteiger charge is 2.47. The molecule has 1 saturated heterocycles. The number of nitrogens with one attached hydrogen (secondary N) is 2. The summed E-state index contributed by atoms with van der Waals surface area (Å²) < 4.78 is 5.18. The van der Waals surface area contributed by atoms with Crippen LogP contribution in [-0.4, -0.2) is 54.1 Å². The highest BCUT2D eigenvalue weighted by molar-refractivity contribution is 6.10. The molecule has 1 spiro atoms. The van der Waals surface area contributed by atoms with Crippen molar-refractivity contribution in [2.75, 3.05) is 20.1 Å². The van der Waals surface area contributed by atoms with E-state index in [1.54, 1.807) is 27.8 Å². The van der Waals surface area contributed by atoms with E-state index in [0.29, 0.717) is 12.8 Å². The Kier molecular flexibility index (Phi) is 3.73. The molecule has 2 rings (SSSR count). The van der Waals surface area contributed by atoms with Crippen molar-refractivity contribution in [3.63, 3.8) is 0 Å². The van der Waals surface area contributed by atoms with E-state index in [1.807, 2.05) is 0 Å². The first-order valence-corrected chi connectivity index (χ1v) is 6.82. The molecule has 1 fully saturated rings. The molecule has 2 N–H and O–H groups in total. The molecule has 0 radical (unpaired) electrons. The summed E-state index contributed by atoms with van der Waals surface area (Å²) in [7, 11) is 1.62. The molecular weight excluding hydrogens is 260 g/mol. The fourth-order valence-corrected chi connectivity index (χ4v) is 2.41. The van der Waals surface area contributed by atoms with Crippen LogP contribution in [0.4, 0.5) is 4.79 Å². The number of hydrogen-bond donors (Lipinski definition) is 2. The van der Waals surface area contributed by atoms with E-state index in [4.69, 9.17) is 4.74 Å². The van der Waals surface area contributed by atoms with Crippen LogP contribution in [0.2, 0.25) is 0 Å². The van der Waals surface area contributed by atoms with Gasteiger partial charge in [0, 0.05) is 7.05 Å². The summed E-state index contributed by atoms with van der Waals surface area (Å²) in [6, 6.07) is 0. The Labute approximate surface area is 118 Å². The first-order chi connectivity index (χ1) is 9.23. The molecule has 7 heteroatoms. The minimum Gasteiger partial charge on any atom is -0.444 e. The summed E-state index contributed by atoms with van der Waals surface area (Å²) in [5.74, 6) is 0.205. The second-order valence-electron chi connectivity index (χ2n) is 6.21. The van der Waals surface area contributed by atoms with Crippen molar-refractivity contribution in [3.05, 3.63) is 0 Å². The highest BCUT2D eigenvalue weighted by Crippen LogP contribution is 2.30. The molecule has 0 aliphatic carbocycles. The fourth-order valence-electron chi connectivity index (χ4n) is 2.41. The van der Waals surface area contributed by atoms with Gasteiger partial charge in [0.15, 0.2) is 0 Å². The second-order valence-corrected chi connectivity index (χ2v) is 6.21. The number of rotatable bonds is 0. The molecule has 0 atom stereocenters. The zero-order valence-electron chi connectivity index (χ0n) is 12.4. The predicted molar refractivity (Wildman–Crippen MR) is 74.4 cm³/mol. The van der Waals surface area contributed by atoms with Crippen LogP contribution in [0.1, 0.15) is 33.6 Å². The van der Waals surface area contributed by atoms with Crippen molar-refractivity contribution in [2.45, 2.75) is 44.8 Å². The van der Waals surface area contributed by atoms with E-state index < -0.39 is 17.2 Å². The van der Waals surface area contributed by atoms with Gasteiger partial charge in [0.2, 0.25) is 5.96 Å². The summed E-state index contributed by atoms with van der Waals surface area (Å²) in [5, 5.41) is 5.77. The summed E-state index contributed by atoms with van der Waals surface area (Å²) in [6.45, 7) is 6.86. The number of guanidine groups is 1. The monoisotopic (exact) mass is 282 g/mol. The lowest BCUT2D eigenvalue weighted by molar-refractivity contribution is -0.131. The Morgan fingerprint density at radius 3 is 2.55 bits per heavy atom. The lowest BCUT2D eigenvalue weighted by atomic mass is 9.89. The molecule has 0 bridgehead atoms. The average molecular weight is 282 g/mol. The number of aliphatic imine (C=N–C) groups is 1. The second kappa shape index (κ2) is 5.05. The summed E-state index contributed by atoms with van der Waals surface area (Å²) >= 11 is 0. The standard InChI is InChI=1S/C13H22N4O3/c1-12(2,3)20-11(19)15-10-16-13(9(18)17(10)4)5-7-14-8-6-13/h14H,5-8H2,1-4H3,(H,15,16,19). The van der Waals surface area contributed by atoms with Gasteiger partial charge in [-0.2, -0.15) is 0 Å². The third-order valence-electron chi connectivity index (χ3n) is 3.38. The van der Waals surface area contributed by atoms with Gasteiger partial charge in [-0.25, -0.2) is 9.79 Å². The smallest absolute Gasteiger partial charge is 0.414 e. The van der Waals surface area contributed by atoms with Crippen molar-refractivity contribution in [1.82, 2.24) is 15.5 Å². The first-order valence-electron chi connectivity index (χ1n) is 6.82. The first kappa shape index (κ1) is 14.8. The van der Waals surface area contributed by atoms with Gasteiger partial charge in [-0.05, 0) is 46.7 Å². The van der Waals surface area contributed by atoms with E-state index in [-0.39, 0.29) is 11.9 Å². The Morgan fingerprint density at radius 2 is 2.00 bits per heavy atom. The molecule has 2 amide bonds. The topological polar surface area (TPSA) is 83.0 Å². The number of nitrogens with zero attached hydrogens (tertiary/aromatic N) is 2. The van der Waals surface area contributed by atoms with E-state index in [1.165, 1.54) is 4.90 Å². The fraction of sp³-hybridized carbons (Fsp3) is 0.769. The number of hydrogen-bond acceptors (Lipinski definition) is 5. The normalized spacial score (nSPS) is 21.9. The molecular formula is C13H22N4O3. The zero-order chi connectivity index (χ0) is 15.0. The maximum Gasteiger partial charge on any atom is 0.414 e. The molecule has 2 aliphatic rings. The van der Waals surface area contributed by atoms with E-state index in [9.17, 15) is 9.59 Å². The van der Waals surface area contributed by atoms with Gasteiger partial charge >= 0.3 is 6.09 Å². The minimum absolute atomic E-state index is 0.0648. The van der Waals surface area contributed by atoms with Crippen molar-refractivity contribution < 1.29 is 14.3 Å². The summed E-state index contributed by atoms with van der Waals surface area (Å²) in [4.78, 5) is 30.0. The maximum absolute atomic E-state index is 12.4. The molecule has 2 heterocycles. The number of amides is 2. The van der Waals surface area contributed by atoms with Crippen LogP contribution in [0.3, 0.4) is 0 Å². The van der Waals surface area contributed by atoms with Crippen LogP contribution >= 0.6 is 0 Å². The van der Waals surface area contributed by atoms with Gasteiger partial charge < -0.3 is 10.1 Å². The zero-order valence-corrected chi connectivity index (χ0v) is 12.4. The molecule has 0 unspecified atom stereocenters. The van der Waals surface area contributed by atoms with Crippen molar-refractivity contribution in [3.8, 4) is 0 Å². The Morgan fingerprint density at radius 1 is 1.40 bits per heavy atom. The summed E-state index contributed by atoms with van der Waals surface area (Å²) in [5.41, 5.74) is -1.30. The predicted octanol–water partition coefficient (Wildman–Crippen LogP) is 0.461. The van der Waals surface area contributed by atoms with Crippen molar-refractivity contribution in [2.24, 2.45) is 4.99 Å². The van der Waals surface area contributed by atoms with Crippen LogP contribution < -0.4 is 10.6 Å². The van der Waals surface area contributed by atoms with Gasteiger partial charge in [-0.1, -0.05) is 0 Å². The van der Waals surface area contributed by atoms with E-state index >= 15 is 0 Å². The number of ether oxygens (including phenoxy) is 1. The number of likely N-dealkylation sites (N-methyl/N-ethyl adjacent to an activating group) is 1. The Balaban J connectivity index is 2.09. The van der Waals surface area contributed by atoms with Gasteiger partial charge in [0.05, 0.1) is 0 Å². The number of carbonyl (C=O) groups is 2. The van der Waals surface area contributed by atoms with Crippen molar-refractivity contribution >= 4 is 18.0 Å². The SMILES string of the molecule is CN1C(=O)C2(CCNCC2)N=C1NC(=O)OC(C)(C)C. The highest BCUT2D eigenvalue weighted by atomic mass is 16.6. The lowest BCUT2D eigenvalue weighted by Crippen LogP contribution is -2.49. The summed E-state index contributed by atoms with van der Waals surface area (Å²) in [6.07, 6.45) is 0.701. The van der Waals surface area contributed by atoms with Gasteiger partial charge in [-0.15, -0.1) is 0 Å². The molecule has 0 aromatic rings. The molecule has 2 aliphatic heterocycles. The largest absolute Gasteiger partial charge is 0.444 e. The van der Waals surface area contributed by atoms with E-state index in [2.05, 4.69) is 15.6 Å². The van der Waals surface area contributed by atoms with Gasteiger partial charge in [0.25, 0.3) is 5.91 Å². The Hall–Kier alpha value is -1.63. The quantitative estimate of drug-likeness (QED) is 0.676. The number of alkyl carbamates (subject to hydrolysis) is 1. The molecule has 0 saturated carbocycles. The lowest BCUT2D eigenvalue weighted by Gasteiger charge is -2.29. The third kappa shape index (κ3) is 2.92. The minimum atomic E-state index is -0.718. The van der Waals surface area contributed by atoms with Crippen LogP contribution in [0, 0.1) is 0 Å². The molecule has 7 nitrogen and oxygen atoms in total. The van der Waals surface area contributed by atoms with Crippen LogP contribution in [0.25, 0.3) is 0 Å². The number of piperidine rings is 1. The molecule has 20 heavy (non-hydrogen) atoms. The molecule has 112 valence electrons. The van der Waals surface area contributed by atoms with Crippen LogP contribution in [0.5, 0.6) is 0 Å². The van der Waals surface area contributed by atoms with E-state index in [0.717, 1.165) is 13.1 Å².